The minimum absolute atomic E-state index is 0.472. The second-order valence-corrected chi connectivity index (χ2v) is 8.11. The lowest BCUT2D eigenvalue weighted by Crippen LogP contribution is -2.30. The van der Waals surface area contributed by atoms with Gasteiger partial charge in [-0.15, -0.1) is 0 Å². The number of para-hydroxylation sites is 1. The molecule has 3 aromatic carbocycles. The Morgan fingerprint density at radius 1 is 0.774 bits per heavy atom. The van der Waals surface area contributed by atoms with Gasteiger partial charge in [0.15, 0.2) is 0 Å². The van der Waals surface area contributed by atoms with E-state index in [4.69, 9.17) is 14.6 Å². The molecule has 1 heterocycles. The van der Waals surface area contributed by atoms with Crippen LogP contribution in [0.1, 0.15) is 24.4 Å². The molecule has 0 amide bonds. The lowest BCUT2D eigenvalue weighted by atomic mass is 9.81. The standard InChI is InChI=1S/C27H26N2O2/c1-3-7-21(8-4-1)19-30-20-22-17-24(18-22)29-16-15-27(28-29)23-11-13-26(14-12-23)31-25-9-5-2-6-10-25/h1-16,22,24H,17-20H2. The Morgan fingerprint density at radius 3 is 2.19 bits per heavy atom. The van der Waals surface area contributed by atoms with Crippen molar-refractivity contribution >= 4 is 0 Å². The maximum absolute atomic E-state index is 5.89. The second kappa shape index (κ2) is 9.19. The highest BCUT2D eigenvalue weighted by Gasteiger charge is 2.31. The van der Waals surface area contributed by atoms with Crippen LogP contribution in [0, 0.1) is 5.92 Å². The molecule has 0 bridgehead atoms. The van der Waals surface area contributed by atoms with E-state index in [1.807, 2.05) is 48.5 Å². The van der Waals surface area contributed by atoms with Crippen LogP contribution in [0.5, 0.6) is 11.5 Å². The zero-order chi connectivity index (χ0) is 20.9. The molecule has 156 valence electrons. The third-order valence-electron chi connectivity index (χ3n) is 5.79. The van der Waals surface area contributed by atoms with E-state index in [1.54, 1.807) is 0 Å². The Labute approximate surface area is 183 Å². The summed E-state index contributed by atoms with van der Waals surface area (Å²) in [5.74, 6) is 2.29. The van der Waals surface area contributed by atoms with Crippen LogP contribution in [-0.2, 0) is 11.3 Å². The van der Waals surface area contributed by atoms with Crippen LogP contribution in [0.4, 0.5) is 0 Å². The van der Waals surface area contributed by atoms with Gasteiger partial charge in [0.25, 0.3) is 0 Å². The van der Waals surface area contributed by atoms with E-state index in [9.17, 15) is 0 Å². The maximum Gasteiger partial charge on any atom is 0.127 e. The van der Waals surface area contributed by atoms with Gasteiger partial charge in [0.2, 0.25) is 0 Å². The summed E-state index contributed by atoms with van der Waals surface area (Å²) in [7, 11) is 0. The van der Waals surface area contributed by atoms with Gasteiger partial charge >= 0.3 is 0 Å². The molecule has 1 aromatic heterocycles. The number of nitrogens with zero attached hydrogens (tertiary/aromatic N) is 2. The smallest absolute Gasteiger partial charge is 0.127 e. The van der Waals surface area contributed by atoms with Crippen LogP contribution >= 0.6 is 0 Å². The second-order valence-electron chi connectivity index (χ2n) is 8.11. The molecule has 0 saturated heterocycles. The first-order valence-corrected chi connectivity index (χ1v) is 10.8. The summed E-state index contributed by atoms with van der Waals surface area (Å²) in [6, 6.07) is 30.8. The largest absolute Gasteiger partial charge is 0.457 e. The van der Waals surface area contributed by atoms with Gasteiger partial charge in [-0.2, -0.15) is 5.10 Å². The number of rotatable bonds is 8. The van der Waals surface area contributed by atoms with E-state index in [0.717, 1.165) is 42.2 Å². The fraction of sp³-hybridized carbons (Fsp3) is 0.222. The molecule has 4 aromatic rings. The Hall–Kier alpha value is -3.37. The molecule has 1 fully saturated rings. The molecule has 0 aliphatic heterocycles. The van der Waals surface area contributed by atoms with Crippen molar-refractivity contribution < 1.29 is 9.47 Å². The molecule has 1 aliphatic carbocycles. The van der Waals surface area contributed by atoms with E-state index in [1.165, 1.54) is 5.56 Å². The van der Waals surface area contributed by atoms with Gasteiger partial charge < -0.3 is 9.47 Å². The maximum atomic E-state index is 5.89. The van der Waals surface area contributed by atoms with Crippen molar-refractivity contribution in [1.82, 2.24) is 9.78 Å². The number of hydrogen-bond acceptors (Lipinski definition) is 3. The first kappa shape index (κ1) is 19.6. The van der Waals surface area contributed by atoms with Gasteiger partial charge in [0.05, 0.1) is 18.3 Å². The molecule has 1 saturated carbocycles. The Kier molecular flexibility index (Phi) is 5.81. The molecule has 0 N–H and O–H groups in total. The summed E-state index contributed by atoms with van der Waals surface area (Å²) in [5.41, 5.74) is 3.33. The lowest BCUT2D eigenvalue weighted by Gasteiger charge is -2.35. The monoisotopic (exact) mass is 410 g/mol. The summed E-state index contributed by atoms with van der Waals surface area (Å²) < 4.78 is 13.9. The van der Waals surface area contributed by atoms with Crippen LogP contribution in [0.2, 0.25) is 0 Å². The highest BCUT2D eigenvalue weighted by atomic mass is 16.5. The topological polar surface area (TPSA) is 36.3 Å². The SMILES string of the molecule is c1ccc(COCC2CC(n3ccc(-c4ccc(Oc5ccccc5)cc4)n3)C2)cc1. The first-order valence-electron chi connectivity index (χ1n) is 10.8. The van der Waals surface area contributed by atoms with Gasteiger partial charge in [0.1, 0.15) is 11.5 Å². The molecular weight excluding hydrogens is 384 g/mol. The van der Waals surface area contributed by atoms with Crippen LogP contribution < -0.4 is 4.74 Å². The fourth-order valence-corrected chi connectivity index (χ4v) is 3.98. The molecular formula is C27H26N2O2. The molecule has 0 unspecified atom stereocenters. The highest BCUT2D eigenvalue weighted by Crippen LogP contribution is 2.38. The molecule has 0 atom stereocenters. The minimum atomic E-state index is 0.472. The summed E-state index contributed by atoms with van der Waals surface area (Å²) in [5, 5.41) is 4.81. The van der Waals surface area contributed by atoms with Crippen molar-refractivity contribution in [2.24, 2.45) is 5.92 Å². The summed E-state index contributed by atoms with van der Waals surface area (Å²) in [6.07, 6.45) is 4.34. The van der Waals surface area contributed by atoms with Gasteiger partial charge in [-0.05, 0) is 66.8 Å². The van der Waals surface area contributed by atoms with Crippen LogP contribution in [0.3, 0.4) is 0 Å². The molecule has 4 heteroatoms. The summed E-state index contributed by atoms with van der Waals surface area (Å²) >= 11 is 0. The Bertz CT molecular complexity index is 1090. The van der Waals surface area contributed by atoms with Gasteiger partial charge in [-0.1, -0.05) is 48.5 Å². The van der Waals surface area contributed by atoms with Crippen molar-refractivity contribution in [3.05, 3.63) is 103 Å². The van der Waals surface area contributed by atoms with Crippen molar-refractivity contribution in [1.29, 1.82) is 0 Å². The van der Waals surface area contributed by atoms with E-state index in [2.05, 4.69) is 53.3 Å². The Balaban J connectivity index is 1.11. The molecule has 0 radical (unpaired) electrons. The van der Waals surface area contributed by atoms with Gasteiger partial charge in [0, 0.05) is 18.4 Å². The molecule has 31 heavy (non-hydrogen) atoms. The van der Waals surface area contributed by atoms with Crippen molar-refractivity contribution in [3.63, 3.8) is 0 Å². The first-order chi connectivity index (χ1) is 15.3. The zero-order valence-electron chi connectivity index (χ0n) is 17.4. The van der Waals surface area contributed by atoms with Crippen LogP contribution in [0.25, 0.3) is 11.3 Å². The normalized spacial score (nSPS) is 17.8. The third-order valence-corrected chi connectivity index (χ3v) is 5.79. The van der Waals surface area contributed by atoms with E-state index >= 15 is 0 Å². The average Bonchev–Trinajstić information content (AvgIpc) is 3.27. The molecule has 4 nitrogen and oxygen atoms in total. The predicted molar refractivity (Wildman–Crippen MR) is 122 cm³/mol. The Morgan fingerprint density at radius 2 is 1.45 bits per heavy atom. The van der Waals surface area contributed by atoms with Crippen molar-refractivity contribution in [2.45, 2.75) is 25.5 Å². The molecule has 1 aliphatic rings. The fourth-order valence-electron chi connectivity index (χ4n) is 3.98. The predicted octanol–water partition coefficient (Wildman–Crippen LogP) is 6.51. The molecule has 0 spiro atoms. The number of benzene rings is 3. The highest BCUT2D eigenvalue weighted by molar-refractivity contribution is 5.59. The van der Waals surface area contributed by atoms with Gasteiger partial charge in [-0.25, -0.2) is 0 Å². The van der Waals surface area contributed by atoms with Crippen LogP contribution in [-0.4, -0.2) is 16.4 Å². The number of aromatic nitrogens is 2. The summed E-state index contributed by atoms with van der Waals surface area (Å²) in [6.45, 7) is 1.51. The quantitative estimate of drug-likeness (QED) is 0.332. The van der Waals surface area contributed by atoms with E-state index in [-0.39, 0.29) is 0 Å². The third kappa shape index (κ3) is 4.86. The van der Waals surface area contributed by atoms with Crippen molar-refractivity contribution in [3.8, 4) is 22.8 Å². The van der Waals surface area contributed by atoms with Gasteiger partial charge in [-0.3, -0.25) is 4.68 Å². The van der Waals surface area contributed by atoms with E-state index < -0.39 is 0 Å². The lowest BCUT2D eigenvalue weighted by molar-refractivity contribution is 0.0351. The number of ether oxygens (including phenoxy) is 2. The van der Waals surface area contributed by atoms with E-state index in [0.29, 0.717) is 18.6 Å². The number of hydrogen-bond donors (Lipinski definition) is 0. The summed E-state index contributed by atoms with van der Waals surface area (Å²) in [4.78, 5) is 0. The van der Waals surface area contributed by atoms with Crippen molar-refractivity contribution in [2.75, 3.05) is 6.61 Å². The average molecular weight is 411 g/mol. The molecule has 5 rings (SSSR count). The minimum Gasteiger partial charge on any atom is -0.457 e. The van der Waals surface area contributed by atoms with Crippen LogP contribution in [0.15, 0.2) is 97.2 Å². The zero-order valence-corrected chi connectivity index (χ0v) is 17.4.